The summed E-state index contributed by atoms with van der Waals surface area (Å²) in [5, 5.41) is 7.04. The first-order chi connectivity index (χ1) is 18.6. The Morgan fingerprint density at radius 3 is 2.45 bits per heavy atom. The highest BCUT2D eigenvalue weighted by Crippen LogP contribution is 2.74. The van der Waals surface area contributed by atoms with Gasteiger partial charge >= 0.3 is 0 Å². The Hall–Kier alpha value is -2.50. The molecule has 0 aliphatic heterocycles. The van der Waals surface area contributed by atoms with Crippen molar-refractivity contribution in [3.8, 4) is 0 Å². The van der Waals surface area contributed by atoms with E-state index in [4.69, 9.17) is 4.52 Å². The van der Waals surface area contributed by atoms with Crippen LogP contribution < -0.4 is 5.32 Å². The molecule has 1 aromatic rings. The van der Waals surface area contributed by atoms with Gasteiger partial charge in [0.15, 0.2) is 11.6 Å². The SMILES string of the molecule is CC1(C(=O)NCc2ccon2)CCC2(C)CCC3(C)C(C(=O)C=C4C5(C)C=CC(=O)C(C)(C)C5CCC43C)C2C1. The number of hydrogen-bond donors (Lipinski definition) is 1. The maximum absolute atomic E-state index is 14.4. The first-order valence-corrected chi connectivity index (χ1v) is 15.3. The highest BCUT2D eigenvalue weighted by molar-refractivity contribution is 5.98. The van der Waals surface area contributed by atoms with E-state index in [1.807, 2.05) is 6.08 Å². The number of carbonyl (C=O) groups excluding carboxylic acids is 3. The summed E-state index contributed by atoms with van der Waals surface area (Å²) in [7, 11) is 0. The fourth-order valence-electron chi connectivity index (χ4n) is 10.3. The Kier molecular flexibility index (Phi) is 5.89. The molecule has 1 amide bonds. The van der Waals surface area contributed by atoms with Crippen molar-refractivity contribution in [3.63, 3.8) is 0 Å². The summed E-state index contributed by atoms with van der Waals surface area (Å²) in [6, 6.07) is 1.77. The Bertz CT molecular complexity index is 1330. The fourth-order valence-corrected chi connectivity index (χ4v) is 10.3. The molecule has 0 bridgehead atoms. The molecule has 8 unspecified atom stereocenters. The van der Waals surface area contributed by atoms with Crippen LogP contribution in [0.3, 0.4) is 0 Å². The van der Waals surface area contributed by atoms with Crippen LogP contribution in [0.15, 0.2) is 40.7 Å². The molecule has 3 saturated carbocycles. The number of nitrogens with one attached hydrogen (secondary N) is 1. The fraction of sp³-hybridized carbons (Fsp3) is 0.706. The number of ketones is 2. The van der Waals surface area contributed by atoms with Gasteiger partial charge in [0, 0.05) is 28.2 Å². The molecule has 6 rings (SSSR count). The largest absolute Gasteiger partial charge is 0.364 e. The molecule has 0 radical (unpaired) electrons. The predicted octanol–water partition coefficient (Wildman–Crippen LogP) is 6.62. The van der Waals surface area contributed by atoms with E-state index in [2.05, 4.69) is 65.0 Å². The molecule has 1 heterocycles. The van der Waals surface area contributed by atoms with Gasteiger partial charge in [0.2, 0.25) is 5.91 Å². The van der Waals surface area contributed by atoms with Gasteiger partial charge < -0.3 is 9.84 Å². The monoisotopic (exact) mass is 546 g/mol. The number of allylic oxidation sites excluding steroid dienone is 4. The first kappa shape index (κ1) is 27.7. The molecule has 5 aliphatic rings. The number of nitrogens with zero attached hydrogens (tertiary/aromatic N) is 1. The molecule has 1 aromatic heterocycles. The topological polar surface area (TPSA) is 89.3 Å². The average molecular weight is 547 g/mol. The highest BCUT2D eigenvalue weighted by Gasteiger charge is 2.69. The molecule has 5 aliphatic carbocycles. The second-order valence-corrected chi connectivity index (χ2v) is 15.7. The van der Waals surface area contributed by atoms with Crippen LogP contribution in [0.25, 0.3) is 0 Å². The van der Waals surface area contributed by atoms with E-state index in [0.29, 0.717) is 12.2 Å². The first-order valence-electron chi connectivity index (χ1n) is 15.3. The maximum Gasteiger partial charge on any atom is 0.226 e. The minimum atomic E-state index is -0.530. The third kappa shape index (κ3) is 3.52. The second-order valence-electron chi connectivity index (χ2n) is 15.7. The summed E-state index contributed by atoms with van der Waals surface area (Å²) in [6.45, 7) is 16.0. The lowest BCUT2D eigenvalue weighted by Crippen LogP contribution is -2.64. The molecule has 6 heteroatoms. The molecule has 3 fully saturated rings. The van der Waals surface area contributed by atoms with Crippen LogP contribution >= 0.6 is 0 Å². The van der Waals surface area contributed by atoms with Gasteiger partial charge in [-0.05, 0) is 85.2 Å². The molecule has 6 nitrogen and oxygen atoms in total. The molecular weight excluding hydrogens is 500 g/mol. The van der Waals surface area contributed by atoms with Crippen LogP contribution in [-0.2, 0) is 20.9 Å². The van der Waals surface area contributed by atoms with Crippen LogP contribution in [-0.4, -0.2) is 22.6 Å². The summed E-state index contributed by atoms with van der Waals surface area (Å²) in [5.74, 6) is 0.707. The third-order valence-electron chi connectivity index (χ3n) is 13.4. The van der Waals surface area contributed by atoms with Gasteiger partial charge in [-0.15, -0.1) is 0 Å². The van der Waals surface area contributed by atoms with Crippen molar-refractivity contribution in [2.24, 2.45) is 50.2 Å². The zero-order valence-electron chi connectivity index (χ0n) is 25.4. The van der Waals surface area contributed by atoms with E-state index in [-0.39, 0.29) is 56.9 Å². The smallest absolute Gasteiger partial charge is 0.226 e. The van der Waals surface area contributed by atoms with E-state index < -0.39 is 10.8 Å². The molecule has 0 saturated heterocycles. The van der Waals surface area contributed by atoms with Gasteiger partial charge in [-0.3, -0.25) is 14.4 Å². The zero-order chi connectivity index (χ0) is 28.9. The third-order valence-corrected chi connectivity index (χ3v) is 13.4. The van der Waals surface area contributed by atoms with E-state index in [9.17, 15) is 14.4 Å². The normalized spacial score (nSPS) is 45.5. The number of amides is 1. The Balaban J connectivity index is 1.37. The van der Waals surface area contributed by atoms with E-state index in [1.165, 1.54) is 11.8 Å². The maximum atomic E-state index is 14.4. The number of rotatable bonds is 3. The molecular formula is C34H46N2O4. The summed E-state index contributed by atoms with van der Waals surface area (Å²) in [4.78, 5) is 41.0. The van der Waals surface area contributed by atoms with Crippen molar-refractivity contribution in [1.29, 1.82) is 0 Å². The summed E-state index contributed by atoms with van der Waals surface area (Å²) in [6.07, 6.45) is 14.0. The number of hydrogen-bond acceptors (Lipinski definition) is 5. The minimum Gasteiger partial charge on any atom is -0.364 e. The molecule has 216 valence electrons. The number of aromatic nitrogens is 1. The standard InChI is InChI=1S/C34H46N2O4/c1-29(2)24-8-12-33(6)25(32(24,5)11-9-26(29)38)18-23(37)27-22-19-31(4,28(39)35-20-21-10-17-40-36-21)14-13-30(22,3)15-16-34(27,33)7/h9-11,17-18,22,24,27H,8,12-16,19-20H2,1-7H3,(H,35,39). The summed E-state index contributed by atoms with van der Waals surface area (Å²) in [5.41, 5.74) is 0.388. The van der Waals surface area contributed by atoms with Crippen molar-refractivity contribution >= 4 is 17.5 Å². The zero-order valence-corrected chi connectivity index (χ0v) is 25.4. The van der Waals surface area contributed by atoms with Crippen molar-refractivity contribution in [2.75, 3.05) is 0 Å². The van der Waals surface area contributed by atoms with Gasteiger partial charge in [-0.1, -0.05) is 65.3 Å². The van der Waals surface area contributed by atoms with Crippen LogP contribution in [0.4, 0.5) is 0 Å². The molecule has 1 N–H and O–H groups in total. The van der Waals surface area contributed by atoms with Gasteiger partial charge in [0.1, 0.15) is 12.0 Å². The van der Waals surface area contributed by atoms with Gasteiger partial charge in [-0.25, -0.2) is 0 Å². The van der Waals surface area contributed by atoms with E-state index in [1.54, 1.807) is 12.1 Å². The lowest BCUT2D eigenvalue weighted by Gasteiger charge is -2.69. The summed E-state index contributed by atoms with van der Waals surface area (Å²) >= 11 is 0. The Labute approximate surface area is 238 Å². The van der Waals surface area contributed by atoms with Gasteiger partial charge in [0.25, 0.3) is 0 Å². The van der Waals surface area contributed by atoms with Crippen LogP contribution in [0, 0.1) is 50.2 Å². The highest BCUT2D eigenvalue weighted by atomic mass is 16.5. The molecule has 40 heavy (non-hydrogen) atoms. The quantitative estimate of drug-likeness (QED) is 0.460. The Morgan fingerprint density at radius 1 is 1.02 bits per heavy atom. The lowest BCUT2D eigenvalue weighted by atomic mass is 9.34. The summed E-state index contributed by atoms with van der Waals surface area (Å²) < 4.78 is 4.93. The van der Waals surface area contributed by atoms with E-state index in [0.717, 1.165) is 44.9 Å². The minimum absolute atomic E-state index is 0.0442. The molecule has 0 aromatic carbocycles. The van der Waals surface area contributed by atoms with Crippen molar-refractivity contribution < 1.29 is 18.9 Å². The average Bonchev–Trinajstić information content (AvgIpc) is 3.41. The van der Waals surface area contributed by atoms with Crippen LogP contribution in [0.1, 0.15) is 99.1 Å². The van der Waals surface area contributed by atoms with E-state index >= 15 is 0 Å². The number of fused-ring (bicyclic) bond motifs is 7. The van der Waals surface area contributed by atoms with Crippen LogP contribution in [0.2, 0.25) is 0 Å². The number of carbonyl (C=O) groups is 3. The molecule has 8 atom stereocenters. The van der Waals surface area contributed by atoms with Crippen LogP contribution in [0.5, 0.6) is 0 Å². The molecule has 0 spiro atoms. The second kappa shape index (κ2) is 8.51. The van der Waals surface area contributed by atoms with Gasteiger partial charge in [-0.2, -0.15) is 0 Å². The predicted molar refractivity (Wildman–Crippen MR) is 153 cm³/mol. The van der Waals surface area contributed by atoms with Crippen molar-refractivity contribution in [1.82, 2.24) is 10.5 Å². The Morgan fingerprint density at radius 2 is 1.75 bits per heavy atom. The van der Waals surface area contributed by atoms with Gasteiger partial charge in [0.05, 0.1) is 6.54 Å². The lowest BCUT2D eigenvalue weighted by molar-refractivity contribution is -0.172. The van der Waals surface area contributed by atoms with Crippen molar-refractivity contribution in [3.05, 3.63) is 41.8 Å². The van der Waals surface area contributed by atoms with Crippen molar-refractivity contribution in [2.45, 2.75) is 100.0 Å².